The van der Waals surface area contributed by atoms with E-state index in [-0.39, 0.29) is 18.3 Å². The van der Waals surface area contributed by atoms with Crippen LogP contribution in [0.1, 0.15) is 43.6 Å². The van der Waals surface area contributed by atoms with E-state index in [4.69, 9.17) is 5.73 Å². The Morgan fingerprint density at radius 2 is 1.75 bits per heavy atom. The third-order valence-electron chi connectivity index (χ3n) is 4.72. The highest BCUT2D eigenvalue weighted by Gasteiger charge is 2.43. The Morgan fingerprint density at radius 3 is 2.25 bits per heavy atom. The van der Waals surface area contributed by atoms with Gasteiger partial charge in [0.2, 0.25) is 5.91 Å². The minimum atomic E-state index is -0.528. The average Bonchev–Trinajstić information content (AvgIpc) is 2.45. The van der Waals surface area contributed by atoms with E-state index >= 15 is 0 Å². The molecule has 1 saturated heterocycles. The molecule has 0 unspecified atom stereocenters. The van der Waals surface area contributed by atoms with E-state index in [1.165, 1.54) is 5.56 Å². The summed E-state index contributed by atoms with van der Waals surface area (Å²) in [6.07, 6.45) is 4.95. The van der Waals surface area contributed by atoms with Crippen LogP contribution in [0.5, 0.6) is 0 Å². The van der Waals surface area contributed by atoms with Crippen molar-refractivity contribution in [2.75, 3.05) is 13.1 Å². The van der Waals surface area contributed by atoms with Gasteiger partial charge < -0.3 is 10.6 Å². The number of carbonyl (C=O) groups excluding carboxylic acids is 1. The zero-order valence-electron chi connectivity index (χ0n) is 11.8. The summed E-state index contributed by atoms with van der Waals surface area (Å²) < 4.78 is 0. The molecule has 110 valence electrons. The fraction of sp³-hybridized carbons (Fsp3) is 0.562. The number of likely N-dealkylation sites (tertiary alicyclic amines) is 1. The van der Waals surface area contributed by atoms with Crippen LogP contribution in [0.2, 0.25) is 0 Å². The maximum atomic E-state index is 12.3. The highest BCUT2D eigenvalue weighted by molar-refractivity contribution is 5.87. The molecule has 3 rings (SSSR count). The summed E-state index contributed by atoms with van der Waals surface area (Å²) in [6, 6.07) is 10.6. The van der Waals surface area contributed by atoms with Crippen LogP contribution in [0.4, 0.5) is 0 Å². The molecule has 2 fully saturated rings. The smallest absolute Gasteiger partial charge is 0.242 e. The van der Waals surface area contributed by atoms with Crippen molar-refractivity contribution in [1.82, 2.24) is 4.90 Å². The van der Waals surface area contributed by atoms with Crippen LogP contribution in [0.25, 0.3) is 0 Å². The highest BCUT2D eigenvalue weighted by Crippen LogP contribution is 2.34. The quantitative estimate of drug-likeness (QED) is 0.911. The van der Waals surface area contributed by atoms with Crippen LogP contribution < -0.4 is 5.73 Å². The second-order valence-electron chi connectivity index (χ2n) is 5.99. The SMILES string of the molecule is Cl.NC1(C(=O)N2CCC(c3ccccc3)CC2)CCC1. The lowest BCUT2D eigenvalue weighted by atomic mass is 9.76. The second kappa shape index (κ2) is 6.15. The number of benzene rings is 1. The lowest BCUT2D eigenvalue weighted by Gasteiger charge is -2.42. The first-order valence-corrected chi connectivity index (χ1v) is 7.32. The van der Waals surface area contributed by atoms with Crippen molar-refractivity contribution in [1.29, 1.82) is 0 Å². The molecule has 0 spiro atoms. The third kappa shape index (κ3) is 2.84. The number of halogens is 1. The van der Waals surface area contributed by atoms with Gasteiger partial charge >= 0.3 is 0 Å². The number of hydrogen-bond acceptors (Lipinski definition) is 2. The molecular formula is C16H23ClN2O. The lowest BCUT2D eigenvalue weighted by molar-refractivity contribution is -0.141. The van der Waals surface area contributed by atoms with Gasteiger partial charge in [-0.25, -0.2) is 0 Å². The third-order valence-corrected chi connectivity index (χ3v) is 4.72. The van der Waals surface area contributed by atoms with Crippen molar-refractivity contribution >= 4 is 18.3 Å². The van der Waals surface area contributed by atoms with Gasteiger partial charge in [0.1, 0.15) is 0 Å². The standard InChI is InChI=1S/C16H22N2O.ClH/c17-16(9-4-10-16)15(19)18-11-7-14(8-12-18)13-5-2-1-3-6-13;/h1-3,5-6,14H,4,7-12,17H2;1H. The molecule has 1 amide bonds. The maximum Gasteiger partial charge on any atom is 0.242 e. The van der Waals surface area contributed by atoms with Gasteiger partial charge in [-0.2, -0.15) is 0 Å². The van der Waals surface area contributed by atoms with Crippen molar-refractivity contribution in [3.63, 3.8) is 0 Å². The van der Waals surface area contributed by atoms with E-state index in [2.05, 4.69) is 30.3 Å². The Balaban J connectivity index is 0.00000147. The molecule has 2 aliphatic rings. The number of rotatable bonds is 2. The minimum Gasteiger partial charge on any atom is -0.341 e. The van der Waals surface area contributed by atoms with Gasteiger partial charge in [-0.1, -0.05) is 30.3 Å². The van der Waals surface area contributed by atoms with Crippen LogP contribution in [0.3, 0.4) is 0 Å². The van der Waals surface area contributed by atoms with Crippen LogP contribution in [-0.2, 0) is 4.79 Å². The second-order valence-corrected chi connectivity index (χ2v) is 5.99. The molecule has 20 heavy (non-hydrogen) atoms. The van der Waals surface area contributed by atoms with E-state index in [9.17, 15) is 4.79 Å². The Morgan fingerprint density at radius 1 is 1.15 bits per heavy atom. The summed E-state index contributed by atoms with van der Waals surface area (Å²) >= 11 is 0. The van der Waals surface area contributed by atoms with Crippen molar-refractivity contribution < 1.29 is 4.79 Å². The molecule has 1 aliphatic heterocycles. The number of nitrogens with zero attached hydrogens (tertiary/aromatic N) is 1. The van der Waals surface area contributed by atoms with Crippen LogP contribution in [0.15, 0.2) is 30.3 Å². The van der Waals surface area contributed by atoms with Crippen LogP contribution >= 0.6 is 12.4 Å². The van der Waals surface area contributed by atoms with Gasteiger partial charge in [0.15, 0.2) is 0 Å². The first-order valence-electron chi connectivity index (χ1n) is 7.32. The van der Waals surface area contributed by atoms with Crippen molar-refractivity contribution in [2.24, 2.45) is 5.73 Å². The predicted molar refractivity (Wildman–Crippen MR) is 83.0 cm³/mol. The Hall–Kier alpha value is -1.06. The average molecular weight is 295 g/mol. The summed E-state index contributed by atoms with van der Waals surface area (Å²) in [7, 11) is 0. The first kappa shape index (κ1) is 15.3. The number of piperidine rings is 1. The zero-order valence-corrected chi connectivity index (χ0v) is 12.6. The molecule has 0 aromatic heterocycles. The van der Waals surface area contributed by atoms with Gasteiger partial charge in [0.05, 0.1) is 5.54 Å². The fourth-order valence-electron chi connectivity index (χ4n) is 3.23. The zero-order chi connectivity index (χ0) is 13.3. The van der Waals surface area contributed by atoms with Gasteiger partial charge in [0.25, 0.3) is 0 Å². The van der Waals surface area contributed by atoms with Gasteiger partial charge in [0, 0.05) is 13.1 Å². The van der Waals surface area contributed by atoms with E-state index in [0.717, 1.165) is 45.2 Å². The molecule has 1 heterocycles. The fourth-order valence-corrected chi connectivity index (χ4v) is 3.23. The Labute approximate surface area is 126 Å². The van der Waals surface area contributed by atoms with Gasteiger partial charge in [-0.05, 0) is 43.6 Å². The number of carbonyl (C=O) groups is 1. The molecule has 3 nitrogen and oxygen atoms in total. The molecule has 1 aliphatic carbocycles. The minimum absolute atomic E-state index is 0. The molecule has 1 aromatic carbocycles. The van der Waals surface area contributed by atoms with E-state index in [0.29, 0.717) is 5.92 Å². The number of hydrogen-bond donors (Lipinski definition) is 1. The summed E-state index contributed by atoms with van der Waals surface area (Å²) in [5.74, 6) is 0.783. The lowest BCUT2D eigenvalue weighted by Crippen LogP contribution is -2.60. The van der Waals surface area contributed by atoms with E-state index in [1.54, 1.807) is 0 Å². The van der Waals surface area contributed by atoms with Crippen molar-refractivity contribution in [3.05, 3.63) is 35.9 Å². The molecule has 4 heteroatoms. The summed E-state index contributed by atoms with van der Waals surface area (Å²) in [5.41, 5.74) is 7.01. The molecule has 0 atom stereocenters. The molecule has 1 saturated carbocycles. The van der Waals surface area contributed by atoms with Crippen molar-refractivity contribution in [3.8, 4) is 0 Å². The van der Waals surface area contributed by atoms with Crippen LogP contribution in [-0.4, -0.2) is 29.4 Å². The van der Waals surface area contributed by atoms with E-state index < -0.39 is 5.54 Å². The predicted octanol–water partition coefficient (Wildman–Crippen LogP) is 2.70. The van der Waals surface area contributed by atoms with E-state index in [1.807, 2.05) is 4.90 Å². The molecular weight excluding hydrogens is 272 g/mol. The van der Waals surface area contributed by atoms with Crippen LogP contribution in [0, 0.1) is 0 Å². The highest BCUT2D eigenvalue weighted by atomic mass is 35.5. The summed E-state index contributed by atoms with van der Waals surface area (Å²) in [6.45, 7) is 1.72. The Bertz CT molecular complexity index is 451. The first-order chi connectivity index (χ1) is 9.19. The maximum absolute atomic E-state index is 12.3. The Kier molecular flexibility index (Phi) is 4.71. The molecule has 1 aromatic rings. The molecule has 0 bridgehead atoms. The normalized spacial score (nSPS) is 21.8. The molecule has 0 radical (unpaired) electrons. The van der Waals surface area contributed by atoms with Gasteiger partial charge in [-0.3, -0.25) is 4.79 Å². The monoisotopic (exact) mass is 294 g/mol. The largest absolute Gasteiger partial charge is 0.341 e. The van der Waals surface area contributed by atoms with Crippen molar-refractivity contribution in [2.45, 2.75) is 43.6 Å². The number of amides is 1. The van der Waals surface area contributed by atoms with Gasteiger partial charge in [-0.15, -0.1) is 12.4 Å². The summed E-state index contributed by atoms with van der Waals surface area (Å²) in [5, 5.41) is 0. The summed E-state index contributed by atoms with van der Waals surface area (Å²) in [4.78, 5) is 14.3. The topological polar surface area (TPSA) is 46.3 Å². The number of nitrogens with two attached hydrogens (primary N) is 1. The molecule has 2 N–H and O–H groups in total.